The second kappa shape index (κ2) is 10.2. The highest BCUT2D eigenvalue weighted by atomic mass is 16.1. The van der Waals surface area contributed by atoms with Gasteiger partial charge in [0.15, 0.2) is 0 Å². The first kappa shape index (κ1) is 20.3. The molecular formula is C20H29N3O3. The molecule has 1 aromatic carbocycles. The second-order valence-electron chi connectivity index (χ2n) is 6.93. The summed E-state index contributed by atoms with van der Waals surface area (Å²) in [5.74, 6) is 0.433. The van der Waals surface area contributed by atoms with Gasteiger partial charge in [-0.3, -0.25) is 14.5 Å². The summed E-state index contributed by atoms with van der Waals surface area (Å²) in [4.78, 5) is 36.2. The molecule has 0 spiro atoms. The minimum absolute atomic E-state index is 0.0771. The van der Waals surface area contributed by atoms with Crippen LogP contribution in [0.3, 0.4) is 0 Å². The van der Waals surface area contributed by atoms with Crippen molar-refractivity contribution in [1.82, 2.24) is 15.5 Å². The first-order valence-corrected chi connectivity index (χ1v) is 9.23. The third-order valence-corrected chi connectivity index (χ3v) is 5.19. The number of nitrogens with zero attached hydrogens (tertiary/aromatic N) is 1. The zero-order chi connectivity index (χ0) is 18.9. The molecule has 1 atom stereocenters. The molecule has 0 radical (unpaired) electrons. The summed E-state index contributed by atoms with van der Waals surface area (Å²) >= 11 is 0. The summed E-state index contributed by atoms with van der Waals surface area (Å²) in [7, 11) is 3.44. The molecule has 26 heavy (non-hydrogen) atoms. The lowest BCUT2D eigenvalue weighted by atomic mass is 9.88. The van der Waals surface area contributed by atoms with E-state index in [2.05, 4.69) is 16.7 Å². The van der Waals surface area contributed by atoms with Gasteiger partial charge in [-0.15, -0.1) is 0 Å². The van der Waals surface area contributed by atoms with Gasteiger partial charge in [0.05, 0.1) is 6.04 Å². The number of amides is 1. The maximum absolute atomic E-state index is 11.5. The van der Waals surface area contributed by atoms with E-state index in [-0.39, 0.29) is 11.9 Å². The zero-order valence-corrected chi connectivity index (χ0v) is 15.7. The average Bonchev–Trinajstić information content (AvgIpc) is 2.68. The molecule has 0 aliphatic carbocycles. The largest absolute Gasteiger partial charge is 0.359 e. The molecule has 1 aromatic rings. The number of rotatable bonds is 9. The van der Waals surface area contributed by atoms with Crippen molar-refractivity contribution in [2.75, 3.05) is 27.2 Å². The third kappa shape index (κ3) is 5.47. The van der Waals surface area contributed by atoms with Crippen LogP contribution in [0.4, 0.5) is 0 Å². The Hall–Kier alpha value is -2.05. The lowest BCUT2D eigenvalue weighted by molar-refractivity contribution is -0.121. The topological polar surface area (TPSA) is 78.5 Å². The van der Waals surface area contributed by atoms with Crippen LogP contribution in [0, 0.1) is 0 Å². The van der Waals surface area contributed by atoms with Crippen molar-refractivity contribution >= 4 is 18.5 Å². The van der Waals surface area contributed by atoms with Crippen LogP contribution in [0.1, 0.15) is 53.1 Å². The fourth-order valence-electron chi connectivity index (χ4n) is 3.47. The van der Waals surface area contributed by atoms with E-state index >= 15 is 0 Å². The zero-order valence-electron chi connectivity index (χ0n) is 15.7. The molecule has 1 aliphatic heterocycles. The highest BCUT2D eigenvalue weighted by Gasteiger charge is 2.19. The standard InChI is InChI=1S/C20H29N3O3/c1-21-20(26)6-5-19(14-25)23(2)12-18-11-16(3-4-17(18)13-24)15-7-9-22-10-8-15/h3-4,11,13-15,19,22H,5-10,12H2,1-2H3,(H,21,26). The molecule has 6 nitrogen and oxygen atoms in total. The Bertz CT molecular complexity index is 627. The molecule has 2 rings (SSSR count). The molecule has 142 valence electrons. The minimum Gasteiger partial charge on any atom is -0.359 e. The number of nitrogens with one attached hydrogen (secondary N) is 2. The van der Waals surface area contributed by atoms with Gasteiger partial charge in [0, 0.05) is 25.6 Å². The van der Waals surface area contributed by atoms with Crippen LogP contribution in [-0.2, 0) is 16.1 Å². The van der Waals surface area contributed by atoms with Gasteiger partial charge >= 0.3 is 0 Å². The fourth-order valence-corrected chi connectivity index (χ4v) is 3.47. The van der Waals surface area contributed by atoms with Crippen LogP contribution in [0.2, 0.25) is 0 Å². The summed E-state index contributed by atoms with van der Waals surface area (Å²) in [6.45, 7) is 2.54. The molecule has 0 bridgehead atoms. The summed E-state index contributed by atoms with van der Waals surface area (Å²) in [5, 5.41) is 5.94. The Balaban J connectivity index is 2.10. The number of likely N-dealkylation sites (N-methyl/N-ethyl adjacent to an activating group) is 1. The van der Waals surface area contributed by atoms with Crippen molar-refractivity contribution < 1.29 is 14.4 Å². The van der Waals surface area contributed by atoms with Gasteiger partial charge < -0.3 is 15.4 Å². The van der Waals surface area contributed by atoms with Crippen LogP contribution in [0.5, 0.6) is 0 Å². The van der Waals surface area contributed by atoms with Gasteiger partial charge in [-0.05, 0) is 56.4 Å². The Kier molecular flexibility index (Phi) is 7.94. The van der Waals surface area contributed by atoms with Crippen LogP contribution in [0.15, 0.2) is 18.2 Å². The van der Waals surface area contributed by atoms with Crippen molar-refractivity contribution in [2.45, 2.75) is 44.2 Å². The Labute approximate surface area is 155 Å². The third-order valence-electron chi connectivity index (χ3n) is 5.19. The van der Waals surface area contributed by atoms with Gasteiger partial charge in [-0.1, -0.05) is 18.2 Å². The summed E-state index contributed by atoms with van der Waals surface area (Å²) in [6, 6.07) is 5.69. The first-order chi connectivity index (χ1) is 12.6. The van der Waals surface area contributed by atoms with E-state index < -0.39 is 0 Å². The summed E-state index contributed by atoms with van der Waals surface area (Å²) < 4.78 is 0. The molecule has 1 unspecified atom stereocenters. The SMILES string of the molecule is CNC(=O)CCC(C=O)N(C)Cc1cc(C2CCNCC2)ccc1C=O. The second-order valence-corrected chi connectivity index (χ2v) is 6.93. The highest BCUT2D eigenvalue weighted by Crippen LogP contribution is 2.27. The van der Waals surface area contributed by atoms with E-state index in [1.54, 1.807) is 7.05 Å². The molecule has 6 heteroatoms. The van der Waals surface area contributed by atoms with E-state index in [1.165, 1.54) is 5.56 Å². The van der Waals surface area contributed by atoms with Crippen molar-refractivity contribution in [3.05, 3.63) is 34.9 Å². The van der Waals surface area contributed by atoms with E-state index in [1.807, 2.05) is 24.1 Å². The van der Waals surface area contributed by atoms with Gasteiger partial charge in [-0.2, -0.15) is 0 Å². The summed E-state index contributed by atoms with van der Waals surface area (Å²) in [5.41, 5.74) is 2.85. The number of piperidine rings is 1. The predicted molar refractivity (Wildman–Crippen MR) is 101 cm³/mol. The number of aldehydes is 2. The van der Waals surface area contributed by atoms with Crippen LogP contribution in [-0.4, -0.2) is 56.6 Å². The van der Waals surface area contributed by atoms with E-state index in [4.69, 9.17) is 0 Å². The Morgan fingerprint density at radius 1 is 1.35 bits per heavy atom. The molecule has 0 saturated carbocycles. The van der Waals surface area contributed by atoms with E-state index in [9.17, 15) is 14.4 Å². The van der Waals surface area contributed by atoms with Crippen molar-refractivity contribution in [2.24, 2.45) is 0 Å². The molecule has 1 fully saturated rings. The molecule has 1 amide bonds. The molecule has 2 N–H and O–H groups in total. The number of benzene rings is 1. The van der Waals surface area contributed by atoms with Gasteiger partial charge in [0.1, 0.15) is 12.6 Å². The molecule has 0 aromatic heterocycles. The Morgan fingerprint density at radius 3 is 2.69 bits per heavy atom. The smallest absolute Gasteiger partial charge is 0.219 e. The maximum atomic E-state index is 11.5. The number of carbonyl (C=O) groups is 3. The van der Waals surface area contributed by atoms with Crippen LogP contribution in [0.25, 0.3) is 0 Å². The van der Waals surface area contributed by atoms with E-state index in [0.717, 1.165) is 44.1 Å². The fraction of sp³-hybridized carbons (Fsp3) is 0.550. The predicted octanol–water partition coefficient (Wildman–Crippen LogP) is 1.49. The lowest BCUT2D eigenvalue weighted by Crippen LogP contribution is -2.34. The molecule has 1 heterocycles. The van der Waals surface area contributed by atoms with E-state index in [0.29, 0.717) is 30.9 Å². The monoisotopic (exact) mass is 359 g/mol. The van der Waals surface area contributed by atoms with Crippen molar-refractivity contribution in [3.8, 4) is 0 Å². The molecular weight excluding hydrogens is 330 g/mol. The van der Waals surface area contributed by atoms with Gasteiger partial charge in [0.2, 0.25) is 5.91 Å². The van der Waals surface area contributed by atoms with Crippen molar-refractivity contribution in [3.63, 3.8) is 0 Å². The lowest BCUT2D eigenvalue weighted by Gasteiger charge is -2.26. The van der Waals surface area contributed by atoms with Crippen LogP contribution >= 0.6 is 0 Å². The number of carbonyl (C=O) groups excluding carboxylic acids is 3. The van der Waals surface area contributed by atoms with Gasteiger partial charge in [0.25, 0.3) is 0 Å². The molecule has 1 saturated heterocycles. The van der Waals surface area contributed by atoms with Crippen molar-refractivity contribution in [1.29, 1.82) is 0 Å². The average molecular weight is 359 g/mol. The molecule has 1 aliphatic rings. The van der Waals surface area contributed by atoms with Gasteiger partial charge in [-0.25, -0.2) is 0 Å². The highest BCUT2D eigenvalue weighted by molar-refractivity contribution is 5.77. The minimum atomic E-state index is -0.352. The number of hydrogen-bond donors (Lipinski definition) is 2. The normalized spacial score (nSPS) is 16.3. The number of hydrogen-bond acceptors (Lipinski definition) is 5. The first-order valence-electron chi connectivity index (χ1n) is 9.23. The quantitative estimate of drug-likeness (QED) is 0.653. The van der Waals surface area contributed by atoms with Crippen LogP contribution < -0.4 is 10.6 Å². The Morgan fingerprint density at radius 2 is 2.08 bits per heavy atom. The summed E-state index contributed by atoms with van der Waals surface area (Å²) in [6.07, 6.45) is 4.71. The maximum Gasteiger partial charge on any atom is 0.219 e.